The molecule has 0 aliphatic rings. The van der Waals surface area contributed by atoms with Crippen LogP contribution in [0.15, 0.2) is 91.1 Å². The van der Waals surface area contributed by atoms with E-state index in [0.29, 0.717) is 0 Å². The van der Waals surface area contributed by atoms with Crippen LogP contribution in [0.5, 0.6) is 11.5 Å². The number of aromatic nitrogens is 1. The molecule has 1 N–H and O–H groups in total. The highest BCUT2D eigenvalue weighted by Gasteiger charge is 2.26. The van der Waals surface area contributed by atoms with Crippen LogP contribution in [0.1, 0.15) is 0 Å². The molecule has 0 aliphatic heterocycles. The fourth-order valence-electron chi connectivity index (χ4n) is 2.62. The number of hydrogen-bond acceptors (Lipinski definition) is 2. The Labute approximate surface area is 141 Å². The van der Waals surface area contributed by atoms with Crippen LogP contribution < -0.4 is 14.8 Å². The molecule has 1 aromatic heterocycles. The zero-order valence-electron chi connectivity index (χ0n) is 13.1. The largest absolute Gasteiger partial charge is 0.632 e. The van der Waals surface area contributed by atoms with Gasteiger partial charge in [-0.15, -0.1) is 0 Å². The zero-order chi connectivity index (χ0) is 16.2. The van der Waals surface area contributed by atoms with Crippen LogP contribution in [0.2, 0.25) is 0 Å². The Bertz CT molecular complexity index is 880. The SMILES string of the molecule is c1ccc(OB(Oc2ccccc2)c2ccc3[nH]ccc3c2)cc1. The van der Waals surface area contributed by atoms with E-state index >= 15 is 0 Å². The molecule has 4 heteroatoms. The van der Waals surface area contributed by atoms with Crippen LogP contribution in [-0.4, -0.2) is 12.1 Å². The summed E-state index contributed by atoms with van der Waals surface area (Å²) in [5.41, 5.74) is 2.06. The number of nitrogens with one attached hydrogen (secondary N) is 1. The first-order valence-corrected chi connectivity index (χ1v) is 7.89. The highest BCUT2D eigenvalue weighted by Crippen LogP contribution is 2.16. The van der Waals surface area contributed by atoms with E-state index < -0.39 is 7.12 Å². The topological polar surface area (TPSA) is 34.2 Å². The van der Waals surface area contributed by atoms with Gasteiger partial charge in [0.15, 0.2) is 0 Å². The zero-order valence-corrected chi connectivity index (χ0v) is 13.1. The van der Waals surface area contributed by atoms with Gasteiger partial charge in [-0.25, -0.2) is 0 Å². The Kier molecular flexibility index (Phi) is 3.94. The van der Waals surface area contributed by atoms with E-state index in [1.165, 1.54) is 0 Å². The van der Waals surface area contributed by atoms with Crippen molar-refractivity contribution in [3.63, 3.8) is 0 Å². The van der Waals surface area contributed by atoms with Crippen molar-refractivity contribution in [2.75, 3.05) is 0 Å². The third kappa shape index (κ3) is 3.13. The summed E-state index contributed by atoms with van der Waals surface area (Å²) in [6.45, 7) is 0. The van der Waals surface area contributed by atoms with Crippen LogP contribution in [-0.2, 0) is 0 Å². The molecule has 0 aliphatic carbocycles. The maximum absolute atomic E-state index is 6.10. The Morgan fingerprint density at radius 3 is 1.92 bits per heavy atom. The molecule has 0 unspecified atom stereocenters. The molecule has 0 saturated carbocycles. The second kappa shape index (κ2) is 6.55. The summed E-state index contributed by atoms with van der Waals surface area (Å²) in [7, 11) is -0.519. The van der Waals surface area contributed by atoms with Gasteiger partial charge in [-0.1, -0.05) is 48.5 Å². The normalized spacial score (nSPS) is 10.5. The van der Waals surface area contributed by atoms with Crippen molar-refractivity contribution in [3.05, 3.63) is 91.1 Å². The van der Waals surface area contributed by atoms with Gasteiger partial charge >= 0.3 is 7.12 Å². The van der Waals surface area contributed by atoms with E-state index in [1.54, 1.807) is 0 Å². The molecule has 3 aromatic carbocycles. The summed E-state index contributed by atoms with van der Waals surface area (Å²) in [5.74, 6) is 1.54. The first-order valence-electron chi connectivity index (χ1n) is 7.89. The number of fused-ring (bicyclic) bond motifs is 1. The number of benzene rings is 3. The lowest BCUT2D eigenvalue weighted by Crippen LogP contribution is -2.42. The third-order valence-electron chi connectivity index (χ3n) is 3.82. The number of H-pyrrole nitrogens is 1. The molecule has 116 valence electrons. The van der Waals surface area contributed by atoms with E-state index in [9.17, 15) is 0 Å². The van der Waals surface area contributed by atoms with Crippen LogP contribution in [0, 0.1) is 0 Å². The van der Waals surface area contributed by atoms with Crippen molar-refractivity contribution in [2.24, 2.45) is 0 Å². The first-order chi connectivity index (χ1) is 11.9. The van der Waals surface area contributed by atoms with E-state index in [0.717, 1.165) is 27.9 Å². The lowest BCUT2D eigenvalue weighted by Gasteiger charge is -2.17. The van der Waals surface area contributed by atoms with Gasteiger partial charge in [0.1, 0.15) is 11.5 Å². The Hall–Kier alpha value is -3.14. The van der Waals surface area contributed by atoms with Crippen molar-refractivity contribution in [1.29, 1.82) is 0 Å². The molecule has 0 saturated heterocycles. The summed E-state index contributed by atoms with van der Waals surface area (Å²) in [5, 5.41) is 1.13. The Balaban J connectivity index is 1.68. The van der Waals surface area contributed by atoms with Crippen LogP contribution in [0.3, 0.4) is 0 Å². The average molecular weight is 313 g/mol. The van der Waals surface area contributed by atoms with Crippen molar-refractivity contribution in [2.45, 2.75) is 0 Å². The predicted octanol–water partition coefficient (Wildman–Crippen LogP) is 4.02. The first kappa shape index (κ1) is 14.5. The van der Waals surface area contributed by atoms with Gasteiger partial charge in [0.2, 0.25) is 0 Å². The van der Waals surface area contributed by atoms with Gasteiger partial charge in [-0.2, -0.15) is 0 Å². The fourth-order valence-corrected chi connectivity index (χ4v) is 2.62. The molecule has 24 heavy (non-hydrogen) atoms. The summed E-state index contributed by atoms with van der Waals surface area (Å²) in [6, 6.07) is 27.6. The molecule has 1 heterocycles. The highest BCUT2D eigenvalue weighted by molar-refractivity contribution is 6.63. The molecular weight excluding hydrogens is 297 g/mol. The Morgan fingerprint density at radius 2 is 1.29 bits per heavy atom. The number of aromatic amines is 1. The summed E-state index contributed by atoms with van der Waals surface area (Å²) < 4.78 is 12.2. The van der Waals surface area contributed by atoms with Crippen LogP contribution in [0.4, 0.5) is 0 Å². The summed E-state index contributed by atoms with van der Waals surface area (Å²) >= 11 is 0. The fraction of sp³-hybridized carbons (Fsp3) is 0. The minimum absolute atomic E-state index is 0.519. The van der Waals surface area contributed by atoms with Crippen LogP contribution >= 0.6 is 0 Å². The monoisotopic (exact) mass is 313 g/mol. The van der Waals surface area contributed by atoms with Crippen molar-refractivity contribution < 1.29 is 9.31 Å². The molecule has 4 rings (SSSR count). The van der Waals surface area contributed by atoms with Gasteiger partial charge in [0.25, 0.3) is 0 Å². The molecule has 0 fully saturated rings. The number of para-hydroxylation sites is 2. The molecule has 0 atom stereocenters. The van der Waals surface area contributed by atoms with E-state index in [2.05, 4.69) is 11.1 Å². The second-order valence-corrected chi connectivity index (χ2v) is 5.52. The van der Waals surface area contributed by atoms with E-state index in [1.807, 2.05) is 85.1 Å². The van der Waals surface area contributed by atoms with Crippen molar-refractivity contribution in [3.8, 4) is 11.5 Å². The van der Waals surface area contributed by atoms with E-state index in [4.69, 9.17) is 9.31 Å². The lowest BCUT2D eigenvalue weighted by molar-refractivity contribution is 0.439. The summed E-state index contributed by atoms with van der Waals surface area (Å²) in [6.07, 6.45) is 1.93. The summed E-state index contributed by atoms with van der Waals surface area (Å²) in [4.78, 5) is 3.20. The lowest BCUT2D eigenvalue weighted by atomic mass is 9.78. The van der Waals surface area contributed by atoms with Gasteiger partial charge < -0.3 is 14.3 Å². The standard InChI is InChI=1S/C20H16BNO2/c1-3-7-18(8-4-1)23-21(24-19-9-5-2-6-10-19)17-11-12-20-16(15-17)13-14-22-20/h1-15,22H. The van der Waals surface area contributed by atoms with Gasteiger partial charge in [0, 0.05) is 17.2 Å². The third-order valence-corrected chi connectivity index (χ3v) is 3.82. The maximum atomic E-state index is 6.10. The molecule has 0 amide bonds. The second-order valence-electron chi connectivity index (χ2n) is 5.52. The van der Waals surface area contributed by atoms with Crippen LogP contribution in [0.25, 0.3) is 10.9 Å². The Morgan fingerprint density at radius 1 is 0.667 bits per heavy atom. The number of rotatable bonds is 5. The predicted molar refractivity (Wildman–Crippen MR) is 97.8 cm³/mol. The van der Waals surface area contributed by atoms with Gasteiger partial charge in [-0.05, 0) is 41.8 Å². The minimum atomic E-state index is -0.519. The molecule has 4 aromatic rings. The maximum Gasteiger partial charge on any atom is 0.632 e. The minimum Gasteiger partial charge on any atom is -0.522 e. The molecular formula is C20H16BNO2. The average Bonchev–Trinajstić information content (AvgIpc) is 3.11. The van der Waals surface area contributed by atoms with Crippen molar-refractivity contribution >= 4 is 23.5 Å². The molecule has 3 nitrogen and oxygen atoms in total. The number of hydrogen-bond donors (Lipinski definition) is 1. The van der Waals surface area contributed by atoms with Gasteiger partial charge in [-0.3, -0.25) is 0 Å². The molecule has 0 radical (unpaired) electrons. The van der Waals surface area contributed by atoms with Gasteiger partial charge in [0.05, 0.1) is 0 Å². The van der Waals surface area contributed by atoms with Crippen molar-refractivity contribution in [1.82, 2.24) is 4.98 Å². The van der Waals surface area contributed by atoms with E-state index in [-0.39, 0.29) is 0 Å². The smallest absolute Gasteiger partial charge is 0.522 e. The molecule has 0 bridgehead atoms. The molecule has 0 spiro atoms. The quantitative estimate of drug-likeness (QED) is 0.565. The highest BCUT2D eigenvalue weighted by atomic mass is 16.6.